The van der Waals surface area contributed by atoms with Crippen molar-refractivity contribution < 1.29 is 9.18 Å². The molecule has 0 bridgehead atoms. The van der Waals surface area contributed by atoms with Crippen LogP contribution in [0.4, 0.5) is 4.39 Å². The van der Waals surface area contributed by atoms with Crippen molar-refractivity contribution in [3.05, 3.63) is 34.1 Å². The summed E-state index contributed by atoms with van der Waals surface area (Å²) in [6.07, 6.45) is 2.25. The van der Waals surface area contributed by atoms with E-state index in [4.69, 9.17) is 0 Å². The van der Waals surface area contributed by atoms with Crippen molar-refractivity contribution in [2.45, 2.75) is 12.8 Å². The van der Waals surface area contributed by atoms with Gasteiger partial charge in [0, 0.05) is 19.2 Å². The Bertz CT molecular complexity index is 487. The standard InChI is InChI=1S/C15H20BrFN2O/c1-18-7-5-11(6-8-18)10-19(2)15(20)12-3-4-14(17)13(16)9-12/h3-4,9,11H,5-8,10H2,1-2H3. The van der Waals surface area contributed by atoms with Gasteiger partial charge in [-0.25, -0.2) is 4.39 Å². The molecule has 3 nitrogen and oxygen atoms in total. The van der Waals surface area contributed by atoms with Gasteiger partial charge in [0.05, 0.1) is 4.47 Å². The summed E-state index contributed by atoms with van der Waals surface area (Å²) in [5.74, 6) is 0.160. The fourth-order valence-corrected chi connectivity index (χ4v) is 2.94. The SMILES string of the molecule is CN1CCC(CN(C)C(=O)c2ccc(F)c(Br)c2)CC1. The van der Waals surface area contributed by atoms with Crippen LogP contribution in [-0.2, 0) is 0 Å². The van der Waals surface area contributed by atoms with E-state index in [0.29, 0.717) is 16.0 Å². The Morgan fingerprint density at radius 1 is 1.45 bits per heavy atom. The lowest BCUT2D eigenvalue weighted by atomic mass is 9.96. The molecule has 1 aliphatic rings. The Morgan fingerprint density at radius 2 is 2.10 bits per heavy atom. The minimum absolute atomic E-state index is 0.0513. The molecule has 110 valence electrons. The van der Waals surface area contributed by atoms with E-state index in [1.807, 2.05) is 7.05 Å². The van der Waals surface area contributed by atoms with Gasteiger partial charge >= 0.3 is 0 Å². The van der Waals surface area contributed by atoms with Crippen LogP contribution in [0.2, 0.25) is 0 Å². The molecule has 0 saturated carbocycles. The molecule has 0 N–H and O–H groups in total. The van der Waals surface area contributed by atoms with E-state index in [-0.39, 0.29) is 11.7 Å². The molecule has 1 saturated heterocycles. The van der Waals surface area contributed by atoms with E-state index in [2.05, 4.69) is 27.9 Å². The number of rotatable bonds is 3. The van der Waals surface area contributed by atoms with Crippen LogP contribution < -0.4 is 0 Å². The van der Waals surface area contributed by atoms with Gasteiger partial charge in [0.15, 0.2) is 0 Å². The molecule has 1 aromatic rings. The summed E-state index contributed by atoms with van der Waals surface area (Å²) in [6.45, 7) is 2.95. The molecule has 0 aromatic heterocycles. The lowest BCUT2D eigenvalue weighted by molar-refractivity contribution is 0.0747. The fourth-order valence-electron chi connectivity index (χ4n) is 2.56. The number of halogens is 2. The third-order valence-electron chi connectivity index (χ3n) is 3.88. The largest absolute Gasteiger partial charge is 0.341 e. The number of carbonyl (C=O) groups excluding carboxylic acids is 1. The number of carbonyl (C=O) groups is 1. The second kappa shape index (κ2) is 6.68. The van der Waals surface area contributed by atoms with Gasteiger partial charge in [0.1, 0.15) is 5.82 Å². The topological polar surface area (TPSA) is 23.6 Å². The second-order valence-electron chi connectivity index (χ2n) is 5.56. The highest BCUT2D eigenvalue weighted by Gasteiger charge is 2.21. The number of piperidine rings is 1. The lowest BCUT2D eigenvalue weighted by Gasteiger charge is -2.31. The predicted octanol–water partition coefficient (Wildman–Crippen LogP) is 3.00. The summed E-state index contributed by atoms with van der Waals surface area (Å²) in [7, 11) is 3.94. The van der Waals surface area contributed by atoms with Crippen molar-refractivity contribution in [1.82, 2.24) is 9.80 Å². The van der Waals surface area contributed by atoms with E-state index >= 15 is 0 Å². The average molecular weight is 343 g/mol. The van der Waals surface area contributed by atoms with Crippen LogP contribution in [0.5, 0.6) is 0 Å². The fraction of sp³-hybridized carbons (Fsp3) is 0.533. The van der Waals surface area contributed by atoms with Crippen molar-refractivity contribution >= 4 is 21.8 Å². The quantitative estimate of drug-likeness (QED) is 0.842. The molecule has 1 heterocycles. The zero-order valence-corrected chi connectivity index (χ0v) is 13.5. The van der Waals surface area contributed by atoms with Gasteiger partial charge in [-0.15, -0.1) is 0 Å². The van der Waals surface area contributed by atoms with Crippen LogP contribution in [0, 0.1) is 11.7 Å². The van der Waals surface area contributed by atoms with Gasteiger partial charge in [-0.2, -0.15) is 0 Å². The third-order valence-corrected chi connectivity index (χ3v) is 4.49. The van der Waals surface area contributed by atoms with E-state index in [1.165, 1.54) is 12.1 Å². The number of hydrogen-bond donors (Lipinski definition) is 0. The van der Waals surface area contributed by atoms with Crippen LogP contribution in [0.3, 0.4) is 0 Å². The highest BCUT2D eigenvalue weighted by atomic mass is 79.9. The van der Waals surface area contributed by atoms with Gasteiger partial charge in [-0.1, -0.05) is 0 Å². The van der Waals surface area contributed by atoms with Crippen LogP contribution in [0.25, 0.3) is 0 Å². The first-order chi connectivity index (χ1) is 9.47. The molecule has 1 fully saturated rings. The highest BCUT2D eigenvalue weighted by Crippen LogP contribution is 2.20. The first-order valence-corrected chi connectivity index (χ1v) is 7.65. The highest BCUT2D eigenvalue weighted by molar-refractivity contribution is 9.10. The van der Waals surface area contributed by atoms with Crippen LogP contribution in [0.15, 0.2) is 22.7 Å². The molecular weight excluding hydrogens is 323 g/mol. The number of amides is 1. The maximum absolute atomic E-state index is 13.2. The van der Waals surface area contributed by atoms with E-state index in [1.54, 1.807) is 11.0 Å². The summed E-state index contributed by atoms with van der Waals surface area (Å²) in [4.78, 5) is 16.4. The third kappa shape index (κ3) is 3.79. The molecule has 0 atom stereocenters. The average Bonchev–Trinajstić information content (AvgIpc) is 2.43. The Morgan fingerprint density at radius 3 is 2.70 bits per heavy atom. The first-order valence-electron chi connectivity index (χ1n) is 6.86. The summed E-state index contributed by atoms with van der Waals surface area (Å²) >= 11 is 3.12. The normalized spacial score (nSPS) is 17.2. The van der Waals surface area contributed by atoms with E-state index in [9.17, 15) is 9.18 Å². The molecule has 0 aliphatic carbocycles. The van der Waals surface area contributed by atoms with Crippen LogP contribution in [0.1, 0.15) is 23.2 Å². The zero-order valence-electron chi connectivity index (χ0n) is 11.9. The molecular formula is C15H20BrFN2O. The predicted molar refractivity (Wildman–Crippen MR) is 81.3 cm³/mol. The molecule has 1 aromatic carbocycles. The van der Waals surface area contributed by atoms with E-state index in [0.717, 1.165) is 32.5 Å². The molecule has 20 heavy (non-hydrogen) atoms. The zero-order chi connectivity index (χ0) is 14.7. The summed E-state index contributed by atoms with van der Waals surface area (Å²) < 4.78 is 13.5. The molecule has 5 heteroatoms. The Hall–Kier alpha value is -0.940. The van der Waals surface area contributed by atoms with Gasteiger partial charge < -0.3 is 9.80 Å². The minimum Gasteiger partial charge on any atom is -0.341 e. The van der Waals surface area contributed by atoms with Gasteiger partial charge in [-0.05, 0) is 73.0 Å². The summed E-state index contributed by atoms with van der Waals surface area (Å²) in [5, 5.41) is 0. The maximum atomic E-state index is 13.2. The van der Waals surface area contributed by atoms with Gasteiger partial charge in [0.2, 0.25) is 0 Å². The lowest BCUT2D eigenvalue weighted by Crippen LogP contribution is -2.37. The van der Waals surface area contributed by atoms with Crippen LogP contribution in [-0.4, -0.2) is 49.4 Å². The molecule has 0 spiro atoms. The minimum atomic E-state index is -0.348. The monoisotopic (exact) mass is 342 g/mol. The Balaban J connectivity index is 1.96. The molecule has 0 radical (unpaired) electrons. The van der Waals surface area contributed by atoms with Gasteiger partial charge in [-0.3, -0.25) is 4.79 Å². The first kappa shape index (κ1) is 15.4. The molecule has 1 amide bonds. The molecule has 0 unspecified atom stereocenters. The van der Waals surface area contributed by atoms with Crippen molar-refractivity contribution in [3.63, 3.8) is 0 Å². The Kier molecular flexibility index (Phi) is 5.16. The molecule has 2 rings (SSSR count). The summed E-state index contributed by atoms with van der Waals surface area (Å²) in [6, 6.07) is 4.40. The van der Waals surface area contributed by atoms with Crippen molar-refractivity contribution in [1.29, 1.82) is 0 Å². The smallest absolute Gasteiger partial charge is 0.253 e. The molecule has 1 aliphatic heterocycles. The van der Waals surface area contributed by atoms with Crippen molar-refractivity contribution in [2.75, 3.05) is 33.7 Å². The van der Waals surface area contributed by atoms with Crippen molar-refractivity contribution in [3.8, 4) is 0 Å². The van der Waals surface area contributed by atoms with Gasteiger partial charge in [0.25, 0.3) is 5.91 Å². The number of benzene rings is 1. The number of nitrogens with zero attached hydrogens (tertiary/aromatic N) is 2. The van der Waals surface area contributed by atoms with E-state index < -0.39 is 0 Å². The summed E-state index contributed by atoms with van der Waals surface area (Å²) in [5.41, 5.74) is 0.522. The number of likely N-dealkylation sites (tertiary alicyclic amines) is 1. The van der Waals surface area contributed by atoms with Crippen molar-refractivity contribution in [2.24, 2.45) is 5.92 Å². The maximum Gasteiger partial charge on any atom is 0.253 e. The van der Waals surface area contributed by atoms with Crippen LogP contribution >= 0.6 is 15.9 Å². The number of hydrogen-bond acceptors (Lipinski definition) is 2. The second-order valence-corrected chi connectivity index (χ2v) is 6.42. The Labute approximate surface area is 127 Å².